The maximum Gasteiger partial charge on any atom is 0.0514 e. The summed E-state index contributed by atoms with van der Waals surface area (Å²) in [5.41, 5.74) is 0.786. The molecule has 0 unspecified atom stereocenters. The Balaban J connectivity index is 3.23. The van der Waals surface area contributed by atoms with Gasteiger partial charge in [-0.25, -0.2) is 0 Å². The average molecular weight is 200 g/mol. The molecule has 0 N–H and O–H groups in total. The molecular weight excluding hydrogens is 172 g/mol. The van der Waals surface area contributed by atoms with Gasteiger partial charge in [-0.15, -0.1) is 0 Å². The van der Waals surface area contributed by atoms with E-state index >= 15 is 0 Å². The molecule has 0 aromatic rings. The van der Waals surface area contributed by atoms with Crippen LogP contribution in [0.15, 0.2) is 0 Å². The van der Waals surface area contributed by atoms with Gasteiger partial charge in [-0.3, -0.25) is 0 Å². The van der Waals surface area contributed by atoms with Crippen molar-refractivity contribution in [2.75, 3.05) is 13.2 Å². The van der Waals surface area contributed by atoms with Crippen LogP contribution in [0.1, 0.15) is 60.8 Å². The van der Waals surface area contributed by atoms with E-state index in [0.29, 0.717) is 10.8 Å². The minimum Gasteiger partial charge on any atom is -0.381 e. The van der Waals surface area contributed by atoms with Gasteiger partial charge >= 0.3 is 0 Å². The molecule has 0 rings (SSSR count). The fourth-order valence-corrected chi connectivity index (χ4v) is 1.24. The Kier molecular flexibility index (Phi) is 5.73. The second-order valence-corrected chi connectivity index (χ2v) is 6.63. The van der Waals surface area contributed by atoms with E-state index in [2.05, 4.69) is 41.5 Å². The van der Waals surface area contributed by atoms with E-state index in [4.69, 9.17) is 4.74 Å². The lowest BCUT2D eigenvalue weighted by molar-refractivity contribution is 0.0675. The third kappa shape index (κ3) is 12.0. The van der Waals surface area contributed by atoms with E-state index in [-0.39, 0.29) is 0 Å². The van der Waals surface area contributed by atoms with Crippen molar-refractivity contribution in [3.05, 3.63) is 0 Å². The van der Waals surface area contributed by atoms with Crippen molar-refractivity contribution in [2.24, 2.45) is 10.8 Å². The standard InChI is InChI=1S/C13H28O/c1-12(2,3)9-7-8-10-14-11-13(4,5)6/h7-11H2,1-6H3. The van der Waals surface area contributed by atoms with E-state index in [9.17, 15) is 0 Å². The van der Waals surface area contributed by atoms with Gasteiger partial charge in [0, 0.05) is 6.61 Å². The van der Waals surface area contributed by atoms with Crippen LogP contribution in [0.2, 0.25) is 0 Å². The molecule has 0 atom stereocenters. The van der Waals surface area contributed by atoms with Crippen LogP contribution in [0.4, 0.5) is 0 Å². The van der Waals surface area contributed by atoms with Gasteiger partial charge in [-0.1, -0.05) is 48.0 Å². The van der Waals surface area contributed by atoms with Crippen molar-refractivity contribution in [2.45, 2.75) is 60.8 Å². The summed E-state index contributed by atoms with van der Waals surface area (Å²) >= 11 is 0. The summed E-state index contributed by atoms with van der Waals surface area (Å²) in [4.78, 5) is 0. The minimum atomic E-state index is 0.310. The maximum absolute atomic E-state index is 5.61. The summed E-state index contributed by atoms with van der Waals surface area (Å²) in [5.74, 6) is 0. The van der Waals surface area contributed by atoms with Crippen molar-refractivity contribution in [3.63, 3.8) is 0 Å². The monoisotopic (exact) mass is 200 g/mol. The molecule has 0 radical (unpaired) electrons. The Labute approximate surface area is 90.2 Å². The van der Waals surface area contributed by atoms with Gasteiger partial charge in [0.25, 0.3) is 0 Å². The largest absolute Gasteiger partial charge is 0.381 e. The minimum absolute atomic E-state index is 0.310. The van der Waals surface area contributed by atoms with Crippen LogP contribution in [0.5, 0.6) is 0 Å². The highest BCUT2D eigenvalue weighted by molar-refractivity contribution is 4.61. The van der Waals surface area contributed by atoms with Crippen LogP contribution >= 0.6 is 0 Å². The molecule has 14 heavy (non-hydrogen) atoms. The van der Waals surface area contributed by atoms with Crippen molar-refractivity contribution in [1.82, 2.24) is 0 Å². The van der Waals surface area contributed by atoms with Crippen LogP contribution < -0.4 is 0 Å². The van der Waals surface area contributed by atoms with Crippen LogP contribution in [-0.4, -0.2) is 13.2 Å². The van der Waals surface area contributed by atoms with Gasteiger partial charge < -0.3 is 4.74 Å². The molecular formula is C13H28O. The Morgan fingerprint density at radius 2 is 1.36 bits per heavy atom. The molecule has 0 aliphatic heterocycles. The average Bonchev–Trinajstić information content (AvgIpc) is 1.92. The number of hydrogen-bond donors (Lipinski definition) is 0. The zero-order valence-electron chi connectivity index (χ0n) is 10.9. The highest BCUT2D eigenvalue weighted by Gasteiger charge is 2.11. The summed E-state index contributed by atoms with van der Waals surface area (Å²) in [7, 11) is 0. The zero-order chi connectivity index (χ0) is 11.2. The highest BCUT2D eigenvalue weighted by atomic mass is 16.5. The SMILES string of the molecule is CC(C)(C)CCCCOCC(C)(C)C. The lowest BCUT2D eigenvalue weighted by atomic mass is 9.90. The fourth-order valence-electron chi connectivity index (χ4n) is 1.24. The molecule has 0 bridgehead atoms. The van der Waals surface area contributed by atoms with E-state index in [0.717, 1.165) is 13.2 Å². The zero-order valence-corrected chi connectivity index (χ0v) is 10.9. The van der Waals surface area contributed by atoms with E-state index < -0.39 is 0 Å². The van der Waals surface area contributed by atoms with Gasteiger partial charge in [-0.2, -0.15) is 0 Å². The predicted molar refractivity (Wildman–Crippen MR) is 63.6 cm³/mol. The molecule has 86 valence electrons. The number of ether oxygens (including phenoxy) is 1. The molecule has 0 fully saturated rings. The van der Waals surface area contributed by atoms with Gasteiger partial charge in [0.2, 0.25) is 0 Å². The van der Waals surface area contributed by atoms with Crippen molar-refractivity contribution in [1.29, 1.82) is 0 Å². The van der Waals surface area contributed by atoms with Crippen molar-refractivity contribution >= 4 is 0 Å². The van der Waals surface area contributed by atoms with Gasteiger partial charge in [0.1, 0.15) is 0 Å². The first kappa shape index (κ1) is 14.0. The summed E-state index contributed by atoms with van der Waals surface area (Å²) in [6.45, 7) is 15.3. The number of hydrogen-bond acceptors (Lipinski definition) is 1. The normalized spacial score (nSPS) is 13.3. The predicted octanol–water partition coefficient (Wildman–Crippen LogP) is 4.27. The van der Waals surface area contributed by atoms with Crippen LogP contribution in [0.25, 0.3) is 0 Å². The third-order valence-corrected chi connectivity index (χ3v) is 2.00. The molecule has 0 saturated carbocycles. The molecule has 1 heteroatoms. The fraction of sp³-hybridized carbons (Fsp3) is 1.00. The summed E-state index contributed by atoms with van der Waals surface area (Å²) in [6.07, 6.45) is 3.78. The molecule has 0 saturated heterocycles. The second-order valence-electron chi connectivity index (χ2n) is 6.63. The second kappa shape index (κ2) is 5.75. The smallest absolute Gasteiger partial charge is 0.0514 e. The third-order valence-electron chi connectivity index (χ3n) is 2.00. The Bertz CT molecular complexity index is 118. The maximum atomic E-state index is 5.61. The Morgan fingerprint density at radius 1 is 0.786 bits per heavy atom. The van der Waals surface area contributed by atoms with E-state index in [1.165, 1.54) is 19.3 Å². The highest BCUT2D eigenvalue weighted by Crippen LogP contribution is 2.21. The molecule has 1 nitrogen and oxygen atoms in total. The van der Waals surface area contributed by atoms with E-state index in [1.54, 1.807) is 0 Å². The Morgan fingerprint density at radius 3 is 1.79 bits per heavy atom. The first-order valence-electron chi connectivity index (χ1n) is 5.78. The lowest BCUT2D eigenvalue weighted by Gasteiger charge is -2.19. The van der Waals surface area contributed by atoms with E-state index in [1.807, 2.05) is 0 Å². The summed E-state index contributed by atoms with van der Waals surface area (Å²) < 4.78 is 5.61. The number of rotatable bonds is 5. The molecule has 0 aliphatic rings. The molecule has 0 aromatic carbocycles. The molecule has 0 aliphatic carbocycles. The van der Waals surface area contributed by atoms with Crippen LogP contribution in [0.3, 0.4) is 0 Å². The van der Waals surface area contributed by atoms with Crippen LogP contribution in [0, 0.1) is 10.8 Å². The van der Waals surface area contributed by atoms with Crippen LogP contribution in [-0.2, 0) is 4.74 Å². The first-order valence-corrected chi connectivity index (χ1v) is 5.78. The summed E-state index contributed by atoms with van der Waals surface area (Å²) in [5, 5.41) is 0. The molecule has 0 spiro atoms. The van der Waals surface area contributed by atoms with Crippen molar-refractivity contribution < 1.29 is 4.74 Å². The summed E-state index contributed by atoms with van der Waals surface area (Å²) in [6, 6.07) is 0. The first-order chi connectivity index (χ1) is 6.21. The number of unbranched alkanes of at least 4 members (excludes halogenated alkanes) is 1. The Hall–Kier alpha value is -0.0400. The topological polar surface area (TPSA) is 9.23 Å². The quantitative estimate of drug-likeness (QED) is 0.602. The molecule has 0 amide bonds. The van der Waals surface area contributed by atoms with Crippen molar-refractivity contribution in [3.8, 4) is 0 Å². The molecule has 0 aromatic heterocycles. The van der Waals surface area contributed by atoms with Gasteiger partial charge in [0.15, 0.2) is 0 Å². The van der Waals surface area contributed by atoms with Gasteiger partial charge in [-0.05, 0) is 23.7 Å². The van der Waals surface area contributed by atoms with Gasteiger partial charge in [0.05, 0.1) is 6.61 Å². The molecule has 0 heterocycles. The lowest BCUT2D eigenvalue weighted by Crippen LogP contribution is -2.15.